The molecular formula is C24H32O3S. The number of hydrogen-bond acceptors (Lipinski definition) is 3. The molecule has 3 nitrogen and oxygen atoms in total. The van der Waals surface area contributed by atoms with Gasteiger partial charge in [-0.2, -0.15) is 0 Å². The topological polar surface area (TPSA) is 46.5 Å². The van der Waals surface area contributed by atoms with Gasteiger partial charge in [0.2, 0.25) is 0 Å². The van der Waals surface area contributed by atoms with Gasteiger partial charge in [0.25, 0.3) is 0 Å². The zero-order chi connectivity index (χ0) is 21.1. The first-order chi connectivity index (χ1) is 13.0. The van der Waals surface area contributed by atoms with Crippen molar-refractivity contribution in [2.75, 3.05) is 6.26 Å². The van der Waals surface area contributed by atoms with Crippen molar-refractivity contribution in [1.29, 1.82) is 0 Å². The molecule has 0 aliphatic carbocycles. The number of carboxylic acid groups (broad SMARTS) is 1. The molecule has 0 saturated carbocycles. The third kappa shape index (κ3) is 5.32. The summed E-state index contributed by atoms with van der Waals surface area (Å²) in [6, 6.07) is 13.1. The molecule has 0 heterocycles. The normalized spacial score (nSPS) is 13.8. The second-order valence-corrected chi connectivity index (χ2v) is 9.10. The molecule has 0 aliphatic rings. The average Bonchev–Trinajstić information content (AvgIpc) is 2.64. The van der Waals surface area contributed by atoms with E-state index >= 15 is 0 Å². The molecule has 0 aromatic heterocycles. The fourth-order valence-corrected chi connectivity index (χ4v) is 3.75. The van der Waals surface area contributed by atoms with Crippen LogP contribution in [0.3, 0.4) is 0 Å². The van der Waals surface area contributed by atoms with Gasteiger partial charge in [0, 0.05) is 4.90 Å². The summed E-state index contributed by atoms with van der Waals surface area (Å²) in [6.07, 6.45) is 3.12. The average molecular weight is 401 g/mol. The SMILES string of the molecule is CSc1ccc(C[C@@H](C)[C@H](C)c2cc(C)c(OC(C)(C)C(=O)O)c(C)c2)cc1. The minimum atomic E-state index is -1.25. The molecule has 2 atom stereocenters. The first kappa shape index (κ1) is 22.4. The zero-order valence-electron chi connectivity index (χ0n) is 18.0. The number of hydrogen-bond donors (Lipinski definition) is 1. The highest BCUT2D eigenvalue weighted by Gasteiger charge is 2.30. The molecule has 0 unspecified atom stereocenters. The van der Waals surface area contributed by atoms with Gasteiger partial charge in [-0.15, -0.1) is 11.8 Å². The van der Waals surface area contributed by atoms with E-state index in [0.29, 0.717) is 17.6 Å². The Hall–Kier alpha value is -1.94. The first-order valence-corrected chi connectivity index (χ1v) is 10.9. The van der Waals surface area contributed by atoms with Crippen molar-refractivity contribution >= 4 is 17.7 Å². The lowest BCUT2D eigenvalue weighted by Gasteiger charge is -2.26. The third-order valence-corrected chi connectivity index (χ3v) is 6.19. The standard InChI is InChI=1S/C24H32O3S/c1-15(12-19-8-10-21(28-7)11-9-19)18(4)20-13-16(2)22(17(3)14-20)27-24(5,6)23(25)26/h8-11,13-15,18H,12H2,1-7H3,(H,25,26)/t15-,18+/m1/s1. The van der Waals surface area contributed by atoms with Crippen LogP contribution >= 0.6 is 11.8 Å². The summed E-state index contributed by atoms with van der Waals surface area (Å²) in [5, 5.41) is 9.35. The van der Waals surface area contributed by atoms with Gasteiger partial charge < -0.3 is 9.84 Å². The summed E-state index contributed by atoms with van der Waals surface area (Å²) < 4.78 is 5.84. The molecule has 1 N–H and O–H groups in total. The lowest BCUT2D eigenvalue weighted by molar-refractivity contribution is -0.152. The van der Waals surface area contributed by atoms with Crippen LogP contribution in [0.5, 0.6) is 5.75 Å². The molecular weight excluding hydrogens is 368 g/mol. The summed E-state index contributed by atoms with van der Waals surface area (Å²) in [6.45, 7) is 11.7. The predicted molar refractivity (Wildman–Crippen MR) is 118 cm³/mol. The Balaban J connectivity index is 2.18. The maximum atomic E-state index is 11.4. The van der Waals surface area contributed by atoms with Crippen LogP contribution in [0.4, 0.5) is 0 Å². The van der Waals surface area contributed by atoms with E-state index in [1.165, 1.54) is 16.0 Å². The fourth-order valence-electron chi connectivity index (χ4n) is 3.35. The van der Waals surface area contributed by atoms with Crippen molar-refractivity contribution in [3.8, 4) is 5.75 Å². The molecule has 28 heavy (non-hydrogen) atoms. The number of carbonyl (C=O) groups is 1. The highest BCUT2D eigenvalue weighted by molar-refractivity contribution is 7.98. The van der Waals surface area contributed by atoms with E-state index in [9.17, 15) is 9.90 Å². The van der Waals surface area contributed by atoms with E-state index in [4.69, 9.17) is 4.74 Å². The second kappa shape index (κ2) is 9.04. The summed E-state index contributed by atoms with van der Waals surface area (Å²) in [4.78, 5) is 12.7. The first-order valence-electron chi connectivity index (χ1n) is 9.71. The number of aliphatic carboxylic acids is 1. The van der Waals surface area contributed by atoms with Gasteiger partial charge in [-0.1, -0.05) is 38.1 Å². The Morgan fingerprint density at radius 3 is 2.11 bits per heavy atom. The molecule has 0 radical (unpaired) electrons. The summed E-state index contributed by atoms with van der Waals surface area (Å²) in [7, 11) is 0. The molecule has 0 aliphatic heterocycles. The van der Waals surface area contributed by atoms with Gasteiger partial charge in [-0.25, -0.2) is 4.79 Å². The lowest BCUT2D eigenvalue weighted by Crippen LogP contribution is -2.38. The summed E-state index contributed by atoms with van der Waals surface area (Å²) in [5.41, 5.74) is 3.33. The minimum absolute atomic E-state index is 0.388. The molecule has 0 fully saturated rings. The Morgan fingerprint density at radius 1 is 1.11 bits per heavy atom. The molecule has 2 rings (SSSR count). The van der Waals surface area contributed by atoms with Crippen LogP contribution in [0.25, 0.3) is 0 Å². The second-order valence-electron chi connectivity index (χ2n) is 8.22. The molecule has 0 amide bonds. The van der Waals surface area contributed by atoms with Crippen LogP contribution < -0.4 is 4.74 Å². The third-order valence-electron chi connectivity index (χ3n) is 5.45. The number of thioether (sulfide) groups is 1. The van der Waals surface area contributed by atoms with Gasteiger partial charge in [0.15, 0.2) is 5.60 Å². The van der Waals surface area contributed by atoms with E-state index in [1.54, 1.807) is 25.6 Å². The van der Waals surface area contributed by atoms with E-state index in [-0.39, 0.29) is 0 Å². The zero-order valence-corrected chi connectivity index (χ0v) is 18.8. The summed E-state index contributed by atoms with van der Waals surface area (Å²) in [5.74, 6) is 0.578. The van der Waals surface area contributed by atoms with Crippen molar-refractivity contribution in [3.05, 3.63) is 58.7 Å². The van der Waals surface area contributed by atoms with Crippen LogP contribution in [0.15, 0.2) is 41.3 Å². The summed E-state index contributed by atoms with van der Waals surface area (Å²) >= 11 is 1.76. The lowest BCUT2D eigenvalue weighted by atomic mass is 9.83. The number of carboxylic acids is 1. The molecule has 0 spiro atoms. The van der Waals surface area contributed by atoms with Crippen molar-refractivity contribution in [2.24, 2.45) is 5.92 Å². The van der Waals surface area contributed by atoms with Gasteiger partial charge >= 0.3 is 5.97 Å². The van der Waals surface area contributed by atoms with Gasteiger partial charge in [0.05, 0.1) is 0 Å². The van der Waals surface area contributed by atoms with Crippen molar-refractivity contribution in [3.63, 3.8) is 0 Å². The van der Waals surface area contributed by atoms with Gasteiger partial charge in [0.1, 0.15) is 5.75 Å². The molecule has 2 aromatic rings. The van der Waals surface area contributed by atoms with Crippen LogP contribution in [0, 0.1) is 19.8 Å². The number of rotatable bonds is 8. The Kier molecular flexibility index (Phi) is 7.22. The molecule has 0 bridgehead atoms. The Morgan fingerprint density at radius 2 is 1.64 bits per heavy atom. The van der Waals surface area contributed by atoms with E-state index in [0.717, 1.165) is 17.5 Å². The monoisotopic (exact) mass is 400 g/mol. The van der Waals surface area contributed by atoms with Gasteiger partial charge in [-0.05, 0) is 86.6 Å². The van der Waals surface area contributed by atoms with Crippen LogP contribution in [0.2, 0.25) is 0 Å². The highest BCUT2D eigenvalue weighted by atomic mass is 32.2. The number of ether oxygens (including phenoxy) is 1. The van der Waals surface area contributed by atoms with Crippen LogP contribution in [-0.2, 0) is 11.2 Å². The Bertz CT molecular complexity index is 801. The largest absolute Gasteiger partial charge is 0.478 e. The molecule has 152 valence electrons. The van der Waals surface area contributed by atoms with E-state index < -0.39 is 11.6 Å². The van der Waals surface area contributed by atoms with Crippen molar-refractivity contribution < 1.29 is 14.6 Å². The smallest absolute Gasteiger partial charge is 0.347 e. The van der Waals surface area contributed by atoms with Crippen LogP contribution in [-0.4, -0.2) is 22.9 Å². The molecule has 0 saturated heterocycles. The van der Waals surface area contributed by atoms with E-state index in [1.807, 2.05) is 13.8 Å². The fraction of sp³-hybridized carbons (Fsp3) is 0.458. The maximum Gasteiger partial charge on any atom is 0.347 e. The number of benzene rings is 2. The maximum absolute atomic E-state index is 11.4. The molecule has 4 heteroatoms. The van der Waals surface area contributed by atoms with Gasteiger partial charge in [-0.3, -0.25) is 0 Å². The quantitative estimate of drug-likeness (QED) is 0.532. The van der Waals surface area contributed by atoms with Crippen molar-refractivity contribution in [2.45, 2.75) is 64.4 Å². The molecule has 2 aromatic carbocycles. The minimum Gasteiger partial charge on any atom is -0.478 e. The van der Waals surface area contributed by atoms with E-state index in [2.05, 4.69) is 56.5 Å². The van der Waals surface area contributed by atoms with Crippen LogP contribution in [0.1, 0.15) is 55.9 Å². The Labute approximate surface area is 173 Å². The number of aryl methyl sites for hydroxylation is 2. The predicted octanol–water partition coefficient (Wildman–Crippen LogP) is 6.25. The van der Waals surface area contributed by atoms with Crippen molar-refractivity contribution in [1.82, 2.24) is 0 Å². The highest BCUT2D eigenvalue weighted by Crippen LogP contribution is 2.34.